The molecule has 14 nitrogen and oxygen atoms in total. The number of rotatable bonds is 5. The second-order valence-corrected chi connectivity index (χ2v) is 13.1. The Morgan fingerprint density at radius 1 is 0.732 bits per heavy atom. The molecule has 2 aliphatic rings. The molecule has 17 heteroatoms. The van der Waals surface area contributed by atoms with Gasteiger partial charge in [-0.25, -0.2) is 19.0 Å². The van der Waals surface area contributed by atoms with Gasteiger partial charge < -0.3 is 15.2 Å². The number of nitrogens with zero attached hydrogens (tertiary/aromatic N) is 10. The van der Waals surface area contributed by atoms with Crippen LogP contribution in [0.4, 0.5) is 5.82 Å². The lowest BCUT2D eigenvalue weighted by Crippen LogP contribution is -2.33. The molecule has 0 spiro atoms. The summed E-state index contributed by atoms with van der Waals surface area (Å²) in [4.78, 5) is 40.3. The zero-order chi connectivity index (χ0) is 35.9. The van der Waals surface area contributed by atoms with E-state index in [1.807, 2.05) is 79.0 Å². The molecule has 0 aliphatic carbocycles. The van der Waals surface area contributed by atoms with Gasteiger partial charge in [0, 0.05) is 25.1 Å². The topological polar surface area (TPSA) is 159 Å². The molecule has 0 amide bonds. The SMILES string of the molecule is Cl.N#Cc1c[nH]c2ncnc(N3CCC[C@H]3c3nn4cccc4c(=O)n3-c3ccccc3)c12.O=c1c2cccn2nc([C@@H]2CCCN2)n1-c1ccccc1.S.S. The fraction of sp³-hybridized carbons (Fsp3) is 0.205. The minimum absolute atomic E-state index is 0. The molecular weight excluding hydrogens is 768 g/mol. The van der Waals surface area contributed by atoms with Gasteiger partial charge in [-0.2, -0.15) is 42.5 Å². The summed E-state index contributed by atoms with van der Waals surface area (Å²) in [6.07, 6.45) is 10.6. The van der Waals surface area contributed by atoms with Crippen molar-refractivity contribution in [1.82, 2.24) is 48.6 Å². The van der Waals surface area contributed by atoms with Crippen molar-refractivity contribution in [3.05, 3.63) is 148 Å². The number of H-pyrrole nitrogens is 1. The Bertz CT molecular complexity index is 2770. The van der Waals surface area contributed by atoms with Crippen molar-refractivity contribution < 1.29 is 0 Å². The third kappa shape index (κ3) is 6.94. The Morgan fingerprint density at radius 3 is 1.93 bits per heavy atom. The molecule has 0 radical (unpaired) electrons. The summed E-state index contributed by atoms with van der Waals surface area (Å²) in [5.74, 6) is 2.10. The fourth-order valence-corrected chi connectivity index (χ4v) is 7.55. The van der Waals surface area contributed by atoms with Crippen LogP contribution in [-0.2, 0) is 0 Å². The fourth-order valence-electron chi connectivity index (χ4n) is 7.55. The molecule has 10 rings (SSSR count). The number of hydrogen-bond donors (Lipinski definition) is 2. The molecule has 2 fully saturated rings. The maximum Gasteiger partial charge on any atom is 0.282 e. The number of anilines is 1. The van der Waals surface area contributed by atoms with Crippen molar-refractivity contribution in [3.63, 3.8) is 0 Å². The first-order chi connectivity index (χ1) is 26.1. The van der Waals surface area contributed by atoms with E-state index in [-0.39, 0.29) is 62.6 Å². The first-order valence-electron chi connectivity index (χ1n) is 17.6. The number of halogens is 1. The number of fused-ring (bicyclic) bond motifs is 3. The molecule has 0 unspecified atom stereocenters. The van der Waals surface area contributed by atoms with E-state index in [0.717, 1.165) is 56.0 Å². The summed E-state index contributed by atoms with van der Waals surface area (Å²) < 4.78 is 6.74. The number of nitriles is 1. The Morgan fingerprint density at radius 2 is 1.34 bits per heavy atom. The molecular formula is C39H39ClN12O2S2. The van der Waals surface area contributed by atoms with E-state index in [1.54, 1.807) is 42.7 Å². The van der Waals surface area contributed by atoms with E-state index in [2.05, 4.69) is 36.3 Å². The van der Waals surface area contributed by atoms with Crippen molar-refractivity contribution in [3.8, 4) is 17.4 Å². The van der Waals surface area contributed by atoms with Crippen molar-refractivity contribution >= 4 is 67.3 Å². The van der Waals surface area contributed by atoms with Gasteiger partial charge in [-0.1, -0.05) is 36.4 Å². The van der Waals surface area contributed by atoms with Gasteiger partial charge in [0.25, 0.3) is 11.1 Å². The summed E-state index contributed by atoms with van der Waals surface area (Å²) in [7, 11) is 0. The summed E-state index contributed by atoms with van der Waals surface area (Å²) in [6, 6.07) is 28.7. The molecule has 286 valence electrons. The van der Waals surface area contributed by atoms with E-state index >= 15 is 0 Å². The summed E-state index contributed by atoms with van der Waals surface area (Å²) in [5, 5.41) is 23.3. The minimum atomic E-state index is -0.186. The predicted molar refractivity (Wildman–Crippen MR) is 227 cm³/mol. The molecule has 2 saturated heterocycles. The molecule has 6 aromatic heterocycles. The largest absolute Gasteiger partial charge is 0.346 e. The van der Waals surface area contributed by atoms with Gasteiger partial charge in [-0.15, -0.1) is 12.4 Å². The maximum atomic E-state index is 13.5. The normalized spacial score (nSPS) is 16.1. The zero-order valence-corrected chi connectivity index (χ0v) is 32.8. The van der Waals surface area contributed by atoms with Crippen molar-refractivity contribution in [2.45, 2.75) is 37.8 Å². The van der Waals surface area contributed by atoms with E-state index in [0.29, 0.717) is 39.3 Å². The van der Waals surface area contributed by atoms with Gasteiger partial charge in [-0.05, 0) is 80.8 Å². The third-order valence-electron chi connectivity index (χ3n) is 9.97. The number of para-hydroxylation sites is 2. The second kappa shape index (κ2) is 16.9. The van der Waals surface area contributed by atoms with Crippen LogP contribution in [0.5, 0.6) is 0 Å². The van der Waals surface area contributed by atoms with Crippen LogP contribution in [-0.4, -0.2) is 56.4 Å². The van der Waals surface area contributed by atoms with Crippen LogP contribution in [0.1, 0.15) is 55.0 Å². The van der Waals surface area contributed by atoms with Gasteiger partial charge in [0.05, 0.1) is 34.4 Å². The van der Waals surface area contributed by atoms with E-state index in [4.69, 9.17) is 5.10 Å². The Hall–Kier alpha value is -5.86. The highest BCUT2D eigenvalue weighted by Gasteiger charge is 2.34. The van der Waals surface area contributed by atoms with Crippen molar-refractivity contribution in [2.24, 2.45) is 0 Å². The van der Waals surface area contributed by atoms with Crippen molar-refractivity contribution in [2.75, 3.05) is 18.0 Å². The number of nitrogens with one attached hydrogen (secondary N) is 2. The highest BCUT2D eigenvalue weighted by molar-refractivity contribution is 7.59. The highest BCUT2D eigenvalue weighted by atomic mass is 35.5. The van der Waals surface area contributed by atoms with Gasteiger partial charge >= 0.3 is 0 Å². The predicted octanol–water partition coefficient (Wildman–Crippen LogP) is 5.53. The van der Waals surface area contributed by atoms with Crippen LogP contribution >= 0.6 is 39.4 Å². The lowest BCUT2D eigenvalue weighted by molar-refractivity contribution is 0.560. The van der Waals surface area contributed by atoms with Crippen molar-refractivity contribution in [1.29, 1.82) is 5.26 Å². The standard InChI is InChI=1S/C23H18N8O.C16H16N4O.ClH.2H2S/c24-12-15-13-25-20-19(15)22(27-14-26-20)29-10-4-8-17(29)21-28-30-11-5-9-18(30)23(32)31(21)16-6-2-1-3-7-16;21-16-14-9-5-11-19(14)18-15(13-8-4-10-17-13)20(16)12-6-2-1-3-7-12;;;/h1-3,5-7,9,11,13-14,17H,4,8,10H2,(H,25,26,27);1-3,5-7,9,11,13,17H,4,8,10H2;1H;2*1H2/t17-;13-;;;/m00.../s1. The van der Waals surface area contributed by atoms with Crippen LogP contribution in [0.15, 0.2) is 119 Å². The average Bonchev–Trinajstić information content (AvgIpc) is 4.05. The average molecular weight is 807 g/mol. The van der Waals surface area contributed by atoms with Gasteiger partial charge in [0.1, 0.15) is 34.9 Å². The number of benzene rings is 2. The quantitative estimate of drug-likeness (QED) is 0.228. The van der Waals surface area contributed by atoms with Gasteiger partial charge in [0.15, 0.2) is 11.6 Å². The second-order valence-electron chi connectivity index (χ2n) is 13.1. The molecule has 56 heavy (non-hydrogen) atoms. The molecule has 2 N–H and O–H groups in total. The lowest BCUT2D eigenvalue weighted by Gasteiger charge is -2.27. The summed E-state index contributed by atoms with van der Waals surface area (Å²) in [6.45, 7) is 1.71. The monoisotopic (exact) mass is 806 g/mol. The van der Waals surface area contributed by atoms with Crippen LogP contribution in [0.25, 0.3) is 33.4 Å². The molecule has 2 atom stereocenters. The number of aromatic nitrogens is 9. The Labute approximate surface area is 340 Å². The minimum Gasteiger partial charge on any atom is -0.346 e. The molecule has 0 bridgehead atoms. The van der Waals surface area contributed by atoms with Gasteiger partial charge in [-0.3, -0.25) is 18.7 Å². The smallest absolute Gasteiger partial charge is 0.282 e. The van der Waals surface area contributed by atoms with Crippen LogP contribution < -0.4 is 21.3 Å². The number of hydrogen-bond acceptors (Lipinski definition) is 9. The third-order valence-corrected chi connectivity index (χ3v) is 9.97. The van der Waals surface area contributed by atoms with E-state index in [9.17, 15) is 14.9 Å². The molecule has 2 aromatic carbocycles. The van der Waals surface area contributed by atoms with E-state index in [1.165, 1.54) is 6.33 Å². The van der Waals surface area contributed by atoms with Gasteiger partial charge in [0.2, 0.25) is 0 Å². The highest BCUT2D eigenvalue weighted by Crippen LogP contribution is 2.38. The number of aromatic amines is 1. The summed E-state index contributed by atoms with van der Waals surface area (Å²) in [5.41, 5.74) is 3.71. The molecule has 2 aliphatic heterocycles. The maximum absolute atomic E-state index is 13.5. The van der Waals surface area contributed by atoms with E-state index < -0.39 is 0 Å². The first kappa shape index (κ1) is 39.8. The van der Waals surface area contributed by atoms with Crippen LogP contribution in [0, 0.1) is 11.3 Å². The summed E-state index contributed by atoms with van der Waals surface area (Å²) >= 11 is 0. The molecule has 0 saturated carbocycles. The molecule has 8 aromatic rings. The first-order valence-corrected chi connectivity index (χ1v) is 17.6. The Balaban J connectivity index is 0.000000194. The van der Waals surface area contributed by atoms with Crippen LogP contribution in [0.3, 0.4) is 0 Å². The van der Waals surface area contributed by atoms with Crippen LogP contribution in [0.2, 0.25) is 0 Å². The Kier molecular flexibility index (Phi) is 12.0. The zero-order valence-electron chi connectivity index (χ0n) is 30.0. The molecule has 8 heterocycles. The lowest BCUT2D eigenvalue weighted by atomic mass is 10.1.